The second-order valence-corrected chi connectivity index (χ2v) is 4.88. The summed E-state index contributed by atoms with van der Waals surface area (Å²) in [6.45, 7) is 3.37. The van der Waals surface area contributed by atoms with Crippen molar-refractivity contribution in [3.05, 3.63) is 0 Å². The quantitative estimate of drug-likeness (QED) is 0.546. The number of rotatable bonds is 3. The lowest BCUT2D eigenvalue weighted by molar-refractivity contribution is 0.196. The maximum Gasteiger partial charge on any atom is 0.232 e. The molecule has 0 aliphatic carbocycles. The van der Waals surface area contributed by atoms with Gasteiger partial charge < -0.3 is 14.9 Å². The van der Waals surface area contributed by atoms with Gasteiger partial charge in [0, 0.05) is 5.25 Å². The Morgan fingerprint density at radius 1 is 1.33 bits per heavy atom. The van der Waals surface area contributed by atoms with Crippen molar-refractivity contribution in [1.29, 1.82) is 0 Å². The van der Waals surface area contributed by atoms with Gasteiger partial charge in [0.15, 0.2) is 0 Å². The predicted octanol–water partition coefficient (Wildman–Crippen LogP) is 0.700. The molecular weight excluding hydrogens is 159 g/mol. The topological polar surface area (TPSA) is 60.7 Å². The molecule has 0 aromatic rings. The minimum Gasteiger partial charge on any atom is -0.392 e. The summed E-state index contributed by atoms with van der Waals surface area (Å²) in [6, 6.07) is 0. The summed E-state index contributed by atoms with van der Waals surface area (Å²) in [5, 5.41) is 8.73. The van der Waals surface area contributed by atoms with Gasteiger partial charge in [0.1, 0.15) is 0 Å². The molecule has 0 amide bonds. The molecule has 0 bridgehead atoms. The van der Waals surface area contributed by atoms with Crippen LogP contribution in [-0.2, 0) is 0 Å². The fourth-order valence-electron chi connectivity index (χ4n) is 0.237. The SMILES string of the molecule is CC(O)C(C)SP(O)O. The first-order valence-corrected chi connectivity index (χ1v) is 5.30. The summed E-state index contributed by atoms with van der Waals surface area (Å²) < 4.78 is 0. The summed E-state index contributed by atoms with van der Waals surface area (Å²) in [4.78, 5) is 16.9. The average molecular weight is 170 g/mol. The number of hydrogen-bond acceptors (Lipinski definition) is 4. The van der Waals surface area contributed by atoms with Crippen LogP contribution in [0.25, 0.3) is 0 Å². The molecule has 0 fully saturated rings. The first-order valence-electron chi connectivity index (χ1n) is 2.56. The Morgan fingerprint density at radius 2 is 1.78 bits per heavy atom. The molecule has 0 aliphatic heterocycles. The zero-order valence-corrected chi connectivity index (χ0v) is 7.06. The average Bonchev–Trinajstić information content (AvgIpc) is 1.63. The second kappa shape index (κ2) is 4.47. The largest absolute Gasteiger partial charge is 0.392 e. The molecule has 0 rings (SSSR count). The summed E-state index contributed by atoms with van der Waals surface area (Å²) in [5.74, 6) is 0. The fraction of sp³-hybridized carbons (Fsp3) is 1.00. The van der Waals surface area contributed by atoms with Gasteiger partial charge in [-0.05, 0) is 6.92 Å². The number of aliphatic hydroxyl groups is 1. The third kappa shape index (κ3) is 5.12. The number of aliphatic hydroxyl groups excluding tert-OH is 1. The molecule has 0 aromatic carbocycles. The molecule has 9 heavy (non-hydrogen) atoms. The van der Waals surface area contributed by atoms with Crippen LogP contribution in [0.15, 0.2) is 0 Å². The van der Waals surface area contributed by atoms with E-state index in [1.807, 2.05) is 0 Å². The second-order valence-electron chi connectivity index (χ2n) is 1.80. The molecule has 0 saturated carbocycles. The van der Waals surface area contributed by atoms with Gasteiger partial charge in [-0.3, -0.25) is 0 Å². The first kappa shape index (κ1) is 9.66. The monoisotopic (exact) mass is 170 g/mol. The Bertz CT molecular complexity index is 78.2. The smallest absolute Gasteiger partial charge is 0.232 e. The standard InChI is InChI=1S/C4H11O3PS/c1-3(5)4(2)9-8(6)7/h3-7H,1-2H3. The lowest BCUT2D eigenvalue weighted by Crippen LogP contribution is -2.14. The van der Waals surface area contributed by atoms with E-state index in [1.54, 1.807) is 13.8 Å². The van der Waals surface area contributed by atoms with Crippen molar-refractivity contribution in [2.24, 2.45) is 0 Å². The van der Waals surface area contributed by atoms with Crippen molar-refractivity contribution in [2.75, 3.05) is 0 Å². The van der Waals surface area contributed by atoms with E-state index in [9.17, 15) is 0 Å². The van der Waals surface area contributed by atoms with Gasteiger partial charge in [-0.25, -0.2) is 0 Å². The van der Waals surface area contributed by atoms with E-state index in [-0.39, 0.29) is 5.25 Å². The van der Waals surface area contributed by atoms with Crippen molar-refractivity contribution < 1.29 is 14.9 Å². The van der Waals surface area contributed by atoms with Gasteiger partial charge >= 0.3 is 0 Å². The fourth-order valence-corrected chi connectivity index (χ4v) is 2.13. The van der Waals surface area contributed by atoms with Crippen molar-refractivity contribution >= 4 is 19.0 Å². The Labute approximate surface area is 59.8 Å². The first-order chi connectivity index (χ1) is 4.04. The molecule has 0 aromatic heterocycles. The zero-order chi connectivity index (χ0) is 7.44. The summed E-state index contributed by atoms with van der Waals surface area (Å²) in [6.07, 6.45) is -0.487. The van der Waals surface area contributed by atoms with Gasteiger partial charge in [0.2, 0.25) is 7.58 Å². The van der Waals surface area contributed by atoms with Crippen LogP contribution in [-0.4, -0.2) is 26.2 Å². The minimum absolute atomic E-state index is 0.105. The highest BCUT2D eigenvalue weighted by molar-refractivity contribution is 8.52. The van der Waals surface area contributed by atoms with Crippen molar-refractivity contribution in [3.8, 4) is 0 Å². The van der Waals surface area contributed by atoms with E-state index in [2.05, 4.69) is 0 Å². The van der Waals surface area contributed by atoms with E-state index >= 15 is 0 Å². The molecule has 5 heteroatoms. The summed E-state index contributed by atoms with van der Waals surface area (Å²) in [5.41, 5.74) is 0. The molecule has 0 saturated heterocycles. The van der Waals surface area contributed by atoms with Gasteiger partial charge in [0.25, 0.3) is 0 Å². The van der Waals surface area contributed by atoms with Crippen LogP contribution in [0.3, 0.4) is 0 Å². The molecule has 2 unspecified atom stereocenters. The third-order valence-corrected chi connectivity index (χ3v) is 3.42. The lowest BCUT2D eigenvalue weighted by atomic mass is 10.3. The Morgan fingerprint density at radius 3 is 1.89 bits per heavy atom. The van der Waals surface area contributed by atoms with Crippen LogP contribution in [0.4, 0.5) is 0 Å². The van der Waals surface area contributed by atoms with Crippen molar-refractivity contribution in [1.82, 2.24) is 0 Å². The molecule has 0 radical (unpaired) electrons. The molecular formula is C4H11O3PS. The van der Waals surface area contributed by atoms with Crippen LogP contribution in [0.5, 0.6) is 0 Å². The highest BCUT2D eigenvalue weighted by atomic mass is 32.7. The van der Waals surface area contributed by atoms with Crippen molar-refractivity contribution in [3.63, 3.8) is 0 Å². The molecule has 0 spiro atoms. The van der Waals surface area contributed by atoms with Gasteiger partial charge in [-0.1, -0.05) is 18.3 Å². The molecule has 2 atom stereocenters. The van der Waals surface area contributed by atoms with Gasteiger partial charge in [-0.15, -0.1) is 0 Å². The van der Waals surface area contributed by atoms with E-state index in [0.717, 1.165) is 11.4 Å². The third-order valence-electron chi connectivity index (χ3n) is 0.940. The predicted molar refractivity (Wildman–Crippen MR) is 40.1 cm³/mol. The van der Waals surface area contributed by atoms with Gasteiger partial charge in [0.05, 0.1) is 6.10 Å². The Hall–Kier alpha value is 0.660. The molecule has 56 valence electrons. The normalized spacial score (nSPS) is 18.0. The van der Waals surface area contributed by atoms with Crippen LogP contribution in [0, 0.1) is 0 Å². The number of hydrogen-bond donors (Lipinski definition) is 3. The Kier molecular flexibility index (Phi) is 4.80. The highest BCUT2D eigenvalue weighted by Crippen LogP contribution is 2.44. The molecule has 0 aliphatic rings. The lowest BCUT2D eigenvalue weighted by Gasteiger charge is -2.13. The van der Waals surface area contributed by atoms with Crippen LogP contribution in [0.1, 0.15) is 13.8 Å². The Balaban J connectivity index is 3.38. The van der Waals surface area contributed by atoms with E-state index in [0.29, 0.717) is 0 Å². The van der Waals surface area contributed by atoms with Crippen LogP contribution >= 0.6 is 19.0 Å². The maximum absolute atomic E-state index is 8.84. The molecule has 0 heterocycles. The zero-order valence-electron chi connectivity index (χ0n) is 5.35. The van der Waals surface area contributed by atoms with Gasteiger partial charge in [-0.2, -0.15) is 0 Å². The van der Waals surface area contributed by atoms with Crippen LogP contribution < -0.4 is 0 Å². The summed E-state index contributed by atoms with van der Waals surface area (Å²) >= 11 is 0.988. The summed E-state index contributed by atoms with van der Waals surface area (Å²) in [7, 11) is -1.92. The van der Waals surface area contributed by atoms with E-state index < -0.39 is 13.7 Å². The molecule has 3 N–H and O–H groups in total. The van der Waals surface area contributed by atoms with E-state index in [1.165, 1.54) is 0 Å². The minimum atomic E-state index is -1.92. The maximum atomic E-state index is 8.84. The van der Waals surface area contributed by atoms with Crippen molar-refractivity contribution in [2.45, 2.75) is 25.2 Å². The van der Waals surface area contributed by atoms with Crippen LogP contribution in [0.2, 0.25) is 0 Å². The molecule has 3 nitrogen and oxygen atoms in total. The highest BCUT2D eigenvalue weighted by Gasteiger charge is 2.13. The van der Waals surface area contributed by atoms with E-state index in [4.69, 9.17) is 14.9 Å².